The van der Waals surface area contributed by atoms with Gasteiger partial charge in [0.2, 0.25) is 0 Å². The highest BCUT2D eigenvalue weighted by atomic mass is 31.1. The van der Waals surface area contributed by atoms with Gasteiger partial charge < -0.3 is 0 Å². The maximum Gasteiger partial charge on any atom is -0.0166 e. The Morgan fingerprint density at radius 1 is 0.467 bits per heavy atom. The molecule has 0 amide bonds. The Labute approximate surface area is 94.9 Å². The van der Waals surface area contributed by atoms with E-state index in [4.69, 9.17) is 0 Å². The minimum atomic E-state index is 0.827. The van der Waals surface area contributed by atoms with Gasteiger partial charge in [-0.15, -0.1) is 0 Å². The van der Waals surface area contributed by atoms with Gasteiger partial charge in [0, 0.05) is 0 Å². The lowest BCUT2D eigenvalue weighted by atomic mass is 10.2. The molecule has 1 heterocycles. The van der Waals surface area contributed by atoms with Gasteiger partial charge in [-0.05, 0) is 25.7 Å². The van der Waals surface area contributed by atoms with E-state index in [-0.39, 0.29) is 0 Å². The Morgan fingerprint density at radius 2 is 0.800 bits per heavy atom. The smallest absolute Gasteiger partial charge is 0.0166 e. The molecule has 1 aliphatic rings. The van der Waals surface area contributed by atoms with Crippen LogP contribution in [0.4, 0.5) is 0 Å². The van der Waals surface area contributed by atoms with Gasteiger partial charge in [-0.25, -0.2) is 0 Å². The molecule has 1 heteroatoms. The summed E-state index contributed by atoms with van der Waals surface area (Å²) in [4.78, 5) is 0. The fourth-order valence-corrected chi connectivity index (χ4v) is 1.87. The van der Waals surface area contributed by atoms with E-state index in [2.05, 4.69) is 60.2 Å². The predicted octanol–water partition coefficient (Wildman–Crippen LogP) is 4.93. The van der Waals surface area contributed by atoms with Gasteiger partial charge in [0.25, 0.3) is 0 Å². The molecule has 0 fully saturated rings. The van der Waals surface area contributed by atoms with Crippen LogP contribution in [0.1, 0.15) is 25.7 Å². The van der Waals surface area contributed by atoms with Crippen molar-refractivity contribution >= 4 is 8.58 Å². The lowest BCUT2D eigenvalue weighted by Crippen LogP contribution is -1.62. The van der Waals surface area contributed by atoms with Gasteiger partial charge in [0.05, 0.1) is 0 Å². The summed E-state index contributed by atoms with van der Waals surface area (Å²) in [6, 6.07) is 0. The van der Waals surface area contributed by atoms with Crippen molar-refractivity contribution < 1.29 is 0 Å². The number of hydrogen-bond acceptors (Lipinski definition) is 0. The van der Waals surface area contributed by atoms with Crippen molar-refractivity contribution in [3.05, 3.63) is 60.2 Å². The molecule has 1 unspecified atom stereocenters. The number of hydrogen-bond donors (Lipinski definition) is 0. The molecule has 80 valence electrons. The van der Waals surface area contributed by atoms with Crippen LogP contribution in [0, 0.1) is 0 Å². The third-order valence-electron chi connectivity index (χ3n) is 2.02. The van der Waals surface area contributed by atoms with Crippen LogP contribution in [0.15, 0.2) is 60.2 Å². The summed E-state index contributed by atoms with van der Waals surface area (Å²) < 4.78 is 0. The minimum absolute atomic E-state index is 0.827. The zero-order chi connectivity index (χ0) is 10.6. The third kappa shape index (κ3) is 8.15. The molecule has 0 saturated heterocycles. The van der Waals surface area contributed by atoms with Crippen molar-refractivity contribution in [2.24, 2.45) is 0 Å². The van der Waals surface area contributed by atoms with Gasteiger partial charge in [-0.3, -0.25) is 0 Å². The Kier molecular flexibility index (Phi) is 7.87. The van der Waals surface area contributed by atoms with Crippen LogP contribution in [0.2, 0.25) is 0 Å². The highest BCUT2D eigenvalue weighted by Gasteiger charge is 1.76. The molecular weight excluding hydrogens is 199 g/mol. The highest BCUT2D eigenvalue weighted by molar-refractivity contribution is 7.45. The predicted molar refractivity (Wildman–Crippen MR) is 72.5 cm³/mol. The molecule has 0 N–H and O–H groups in total. The average molecular weight is 218 g/mol. The van der Waals surface area contributed by atoms with Crippen LogP contribution in [-0.2, 0) is 0 Å². The first-order valence-corrected chi connectivity index (χ1v) is 6.66. The van der Waals surface area contributed by atoms with Crippen molar-refractivity contribution in [1.82, 2.24) is 0 Å². The van der Waals surface area contributed by atoms with Crippen LogP contribution >= 0.6 is 8.58 Å². The highest BCUT2D eigenvalue weighted by Crippen LogP contribution is 2.14. The van der Waals surface area contributed by atoms with E-state index in [1.165, 1.54) is 0 Å². The summed E-state index contributed by atoms with van der Waals surface area (Å²) in [5.74, 6) is 4.50. The van der Waals surface area contributed by atoms with E-state index in [0.29, 0.717) is 0 Å². The molecule has 0 nitrogen and oxygen atoms in total. The minimum Gasteiger partial charge on any atom is -0.0844 e. The summed E-state index contributed by atoms with van der Waals surface area (Å²) in [6.45, 7) is 0. The second-order valence-electron chi connectivity index (χ2n) is 3.33. The molecule has 0 aromatic heterocycles. The first-order valence-electron chi connectivity index (χ1n) is 5.51. The van der Waals surface area contributed by atoms with Gasteiger partial charge in [-0.2, -0.15) is 0 Å². The summed E-state index contributed by atoms with van der Waals surface area (Å²) in [6.07, 6.45) is 22.1. The van der Waals surface area contributed by atoms with Gasteiger partial charge >= 0.3 is 0 Å². The maximum absolute atomic E-state index is 2.25. The van der Waals surface area contributed by atoms with Crippen molar-refractivity contribution in [2.75, 3.05) is 0 Å². The molecule has 0 radical (unpaired) electrons. The topological polar surface area (TPSA) is 0 Å². The van der Waals surface area contributed by atoms with Gasteiger partial charge in [-0.1, -0.05) is 68.8 Å². The van der Waals surface area contributed by atoms with Crippen molar-refractivity contribution in [3.63, 3.8) is 0 Å². The van der Waals surface area contributed by atoms with Gasteiger partial charge in [0.1, 0.15) is 0 Å². The standard InChI is InChI=1S/C14H19P/c1-2-4-6-8-10-12-14-15-13-11-9-7-5-3-1/h1-2,5-8,11-15H,3-4,9-10H2/b2-1-,7-5-,8-6+,13-11-,14-12-. The van der Waals surface area contributed by atoms with Crippen LogP contribution < -0.4 is 0 Å². The summed E-state index contributed by atoms with van der Waals surface area (Å²) in [5.41, 5.74) is 0. The second-order valence-corrected chi connectivity index (χ2v) is 4.33. The molecular formula is C14H19P. The normalized spacial score (nSPS) is 30.9. The van der Waals surface area contributed by atoms with Crippen molar-refractivity contribution in [2.45, 2.75) is 25.7 Å². The Balaban J connectivity index is 2.41. The van der Waals surface area contributed by atoms with E-state index in [0.717, 1.165) is 34.3 Å². The Hall–Kier alpha value is -0.870. The largest absolute Gasteiger partial charge is 0.0844 e. The van der Waals surface area contributed by atoms with Crippen LogP contribution in [0.5, 0.6) is 0 Å². The number of rotatable bonds is 0. The van der Waals surface area contributed by atoms with Crippen molar-refractivity contribution in [3.8, 4) is 0 Å². The third-order valence-corrected chi connectivity index (χ3v) is 2.87. The quantitative estimate of drug-likeness (QED) is 0.399. The number of allylic oxidation sites excluding steroid dienone is 8. The molecule has 1 aliphatic heterocycles. The van der Waals surface area contributed by atoms with E-state index in [1.807, 2.05) is 0 Å². The fourth-order valence-electron chi connectivity index (χ4n) is 1.22. The molecule has 0 aromatic carbocycles. The lowest BCUT2D eigenvalue weighted by Gasteiger charge is -1.83. The average Bonchev–Trinajstić information content (AvgIpc) is 2.27. The first kappa shape index (κ1) is 12.2. The van der Waals surface area contributed by atoms with E-state index >= 15 is 0 Å². The summed E-state index contributed by atoms with van der Waals surface area (Å²) >= 11 is 0. The zero-order valence-corrected chi connectivity index (χ0v) is 10.1. The molecule has 0 bridgehead atoms. The Morgan fingerprint density at radius 3 is 1.20 bits per heavy atom. The van der Waals surface area contributed by atoms with Crippen LogP contribution in [0.25, 0.3) is 0 Å². The zero-order valence-electron chi connectivity index (χ0n) is 9.10. The maximum atomic E-state index is 2.25. The monoisotopic (exact) mass is 218 g/mol. The van der Waals surface area contributed by atoms with E-state index in [9.17, 15) is 0 Å². The van der Waals surface area contributed by atoms with Gasteiger partial charge in [0.15, 0.2) is 0 Å². The summed E-state index contributed by atoms with van der Waals surface area (Å²) in [7, 11) is 0.827. The molecule has 0 aromatic rings. The molecule has 15 heavy (non-hydrogen) atoms. The fraction of sp³-hybridized carbons (Fsp3) is 0.286. The first-order chi connectivity index (χ1) is 7.50. The Bertz CT molecular complexity index is 190. The van der Waals surface area contributed by atoms with Crippen molar-refractivity contribution in [1.29, 1.82) is 0 Å². The molecule has 1 rings (SSSR count). The lowest BCUT2D eigenvalue weighted by molar-refractivity contribution is 1.27. The molecule has 1 atom stereocenters. The summed E-state index contributed by atoms with van der Waals surface area (Å²) in [5, 5.41) is 0. The van der Waals surface area contributed by atoms with Crippen LogP contribution in [-0.4, -0.2) is 0 Å². The SMILES string of the molecule is C1=C\C/C=C\P/C=C\C/C=C/C/C=C\C/1. The second kappa shape index (κ2) is 9.68. The van der Waals surface area contributed by atoms with Crippen LogP contribution in [0.3, 0.4) is 0 Å². The molecule has 0 aliphatic carbocycles. The molecule has 0 spiro atoms. The molecule has 0 saturated carbocycles. The van der Waals surface area contributed by atoms with E-state index in [1.54, 1.807) is 0 Å². The van der Waals surface area contributed by atoms with E-state index < -0.39 is 0 Å².